The Labute approximate surface area is 184 Å². The number of rotatable bonds is 2. The molecule has 3 heterocycles. The first kappa shape index (κ1) is 21.6. The van der Waals surface area contributed by atoms with Crippen molar-refractivity contribution < 1.29 is 27.2 Å². The molecule has 0 radical (unpaired) electrons. The summed E-state index contributed by atoms with van der Waals surface area (Å²) < 4.78 is 54.3. The monoisotopic (exact) mass is 463 g/mol. The molecule has 4 rings (SSSR count). The van der Waals surface area contributed by atoms with Gasteiger partial charge < -0.3 is 10.2 Å². The zero-order chi connectivity index (χ0) is 23.4. The first-order chi connectivity index (χ1) is 15.0. The Morgan fingerprint density at radius 2 is 2.03 bits per heavy atom. The number of fused-ring (bicyclic) bond motifs is 2. The van der Waals surface area contributed by atoms with Gasteiger partial charge in [0.25, 0.3) is 5.91 Å². The number of carbonyl (C=O) groups excluding carboxylic acids is 2. The van der Waals surface area contributed by atoms with E-state index in [-0.39, 0.29) is 29.5 Å². The van der Waals surface area contributed by atoms with Crippen LogP contribution in [0, 0.1) is 17.1 Å². The van der Waals surface area contributed by atoms with Crippen LogP contribution in [-0.2, 0) is 28.7 Å². The van der Waals surface area contributed by atoms with E-state index in [0.717, 1.165) is 11.1 Å². The zero-order valence-electron chi connectivity index (χ0n) is 16.3. The summed E-state index contributed by atoms with van der Waals surface area (Å²) in [4.78, 5) is 30.3. The van der Waals surface area contributed by atoms with E-state index in [1.54, 1.807) is 0 Å². The average molecular weight is 463 g/mol. The topological polar surface area (TPSA) is 89.3 Å². The van der Waals surface area contributed by atoms with Crippen LogP contribution in [0.1, 0.15) is 29.3 Å². The van der Waals surface area contributed by atoms with Gasteiger partial charge in [0.1, 0.15) is 17.9 Å². The number of carbonyl (C=O) groups is 2. The molecule has 164 valence electrons. The van der Waals surface area contributed by atoms with E-state index in [2.05, 4.69) is 10.3 Å². The predicted molar refractivity (Wildman–Crippen MR) is 108 cm³/mol. The Balaban J connectivity index is 1.70. The Hall–Kier alpha value is -3.59. The van der Waals surface area contributed by atoms with Gasteiger partial charge in [-0.05, 0) is 41.5 Å². The molecule has 7 nitrogen and oxygen atoms in total. The number of nitriles is 1. The van der Waals surface area contributed by atoms with Crippen molar-refractivity contribution in [3.05, 3.63) is 52.6 Å². The standard InChI is InChI=1S/C20H13F4N5O2S/c1-9(30)27-15-3-11-8-28-17(4-10(11)2-14(15)21)18(31)29(19(28)32)12-5-13(20(22,23)24)16(6-25)26-7-12/h2-3,5,7,17H,4,8H2,1H3,(H,27,30). The summed E-state index contributed by atoms with van der Waals surface area (Å²) in [7, 11) is 0. The Bertz CT molecular complexity index is 1220. The van der Waals surface area contributed by atoms with Crippen LogP contribution in [0.4, 0.5) is 28.9 Å². The summed E-state index contributed by atoms with van der Waals surface area (Å²) in [5.41, 5.74) is -1.17. The lowest BCUT2D eigenvalue weighted by atomic mass is 9.94. The smallest absolute Gasteiger partial charge is 0.332 e. The maximum absolute atomic E-state index is 14.3. The second kappa shape index (κ2) is 7.52. The normalized spacial score (nSPS) is 17.7. The molecule has 1 aromatic carbocycles. The predicted octanol–water partition coefficient (Wildman–Crippen LogP) is 3.13. The molecule has 1 aromatic heterocycles. The first-order valence-corrected chi connectivity index (χ1v) is 9.63. The van der Waals surface area contributed by atoms with Crippen molar-refractivity contribution in [3.63, 3.8) is 0 Å². The number of nitrogens with one attached hydrogen (secondary N) is 1. The number of benzene rings is 1. The van der Waals surface area contributed by atoms with Gasteiger partial charge in [0.2, 0.25) is 5.91 Å². The molecule has 2 aliphatic rings. The van der Waals surface area contributed by atoms with Crippen molar-refractivity contribution in [2.75, 3.05) is 10.2 Å². The van der Waals surface area contributed by atoms with Crippen molar-refractivity contribution in [1.29, 1.82) is 5.26 Å². The highest BCUT2D eigenvalue weighted by atomic mass is 32.1. The third-order valence-corrected chi connectivity index (χ3v) is 5.63. The lowest BCUT2D eigenvalue weighted by molar-refractivity contribution is -0.138. The van der Waals surface area contributed by atoms with Crippen LogP contribution in [0.3, 0.4) is 0 Å². The van der Waals surface area contributed by atoms with E-state index in [1.807, 2.05) is 0 Å². The number of aromatic nitrogens is 1. The number of nitrogens with zero attached hydrogens (tertiary/aromatic N) is 4. The summed E-state index contributed by atoms with van der Waals surface area (Å²) in [5, 5.41) is 11.3. The molecule has 1 N–H and O–H groups in total. The average Bonchev–Trinajstić information content (AvgIpc) is 2.95. The van der Waals surface area contributed by atoms with Crippen LogP contribution in [0.15, 0.2) is 24.4 Å². The van der Waals surface area contributed by atoms with E-state index >= 15 is 0 Å². The number of halogens is 4. The molecule has 0 bridgehead atoms. The molecule has 1 unspecified atom stereocenters. The third-order valence-electron chi connectivity index (χ3n) is 5.22. The molecule has 0 aliphatic carbocycles. The van der Waals surface area contributed by atoms with Gasteiger partial charge in [-0.2, -0.15) is 18.4 Å². The van der Waals surface area contributed by atoms with Gasteiger partial charge in [-0.25, -0.2) is 9.37 Å². The summed E-state index contributed by atoms with van der Waals surface area (Å²) in [6, 6.07) is 3.89. The van der Waals surface area contributed by atoms with Crippen LogP contribution in [-0.4, -0.2) is 32.9 Å². The maximum atomic E-state index is 14.3. The van der Waals surface area contributed by atoms with E-state index < -0.39 is 41.1 Å². The van der Waals surface area contributed by atoms with Crippen LogP contribution in [0.25, 0.3) is 0 Å². The Kier molecular flexibility index (Phi) is 5.09. The number of pyridine rings is 1. The van der Waals surface area contributed by atoms with Gasteiger partial charge in [0, 0.05) is 19.9 Å². The molecule has 2 aromatic rings. The lowest BCUT2D eigenvalue weighted by Crippen LogP contribution is -2.40. The van der Waals surface area contributed by atoms with Crippen LogP contribution in [0.2, 0.25) is 0 Å². The van der Waals surface area contributed by atoms with E-state index in [1.165, 1.54) is 30.0 Å². The number of thiocarbonyl (C=S) groups is 1. The second-order valence-electron chi connectivity index (χ2n) is 7.29. The fraction of sp³-hybridized carbons (Fsp3) is 0.250. The lowest BCUT2D eigenvalue weighted by Gasteiger charge is -2.30. The SMILES string of the molecule is CC(=O)Nc1cc2c(cc1F)CC1C(=O)N(c3cnc(C#N)c(C(F)(F)F)c3)C(=S)N1C2. The summed E-state index contributed by atoms with van der Waals surface area (Å²) in [6.07, 6.45) is -3.78. The minimum Gasteiger partial charge on any atom is -0.332 e. The molecule has 12 heteroatoms. The number of amides is 2. The van der Waals surface area contributed by atoms with Crippen LogP contribution >= 0.6 is 12.2 Å². The number of hydrogen-bond acceptors (Lipinski definition) is 5. The molecule has 2 aliphatic heterocycles. The Morgan fingerprint density at radius 3 is 2.66 bits per heavy atom. The van der Waals surface area contributed by atoms with Crippen molar-refractivity contribution in [2.24, 2.45) is 0 Å². The van der Waals surface area contributed by atoms with Gasteiger partial charge in [0.05, 0.1) is 23.1 Å². The summed E-state index contributed by atoms with van der Waals surface area (Å²) in [5.74, 6) is -1.70. The van der Waals surface area contributed by atoms with Crippen molar-refractivity contribution in [3.8, 4) is 6.07 Å². The maximum Gasteiger partial charge on any atom is 0.419 e. The quantitative estimate of drug-likeness (QED) is 0.544. The number of alkyl halides is 3. The molecular formula is C20H13F4N5O2S. The first-order valence-electron chi connectivity index (χ1n) is 9.22. The highest BCUT2D eigenvalue weighted by Crippen LogP contribution is 2.37. The van der Waals surface area contributed by atoms with Gasteiger partial charge >= 0.3 is 6.18 Å². The van der Waals surface area contributed by atoms with Crippen molar-refractivity contribution >= 4 is 40.5 Å². The van der Waals surface area contributed by atoms with Crippen LogP contribution < -0.4 is 10.2 Å². The van der Waals surface area contributed by atoms with Crippen molar-refractivity contribution in [1.82, 2.24) is 9.88 Å². The molecule has 2 amide bonds. The fourth-order valence-corrected chi connectivity index (χ4v) is 4.19. The third kappa shape index (κ3) is 3.54. The van der Waals surface area contributed by atoms with Crippen LogP contribution in [0.5, 0.6) is 0 Å². The molecule has 32 heavy (non-hydrogen) atoms. The number of hydrogen-bond donors (Lipinski definition) is 1. The second-order valence-corrected chi connectivity index (χ2v) is 7.65. The van der Waals surface area contributed by atoms with E-state index in [4.69, 9.17) is 17.5 Å². The highest BCUT2D eigenvalue weighted by Gasteiger charge is 2.46. The summed E-state index contributed by atoms with van der Waals surface area (Å²) in [6.45, 7) is 1.34. The van der Waals surface area contributed by atoms with E-state index in [9.17, 15) is 27.2 Å². The number of anilines is 2. The molecule has 0 spiro atoms. The molecule has 0 saturated carbocycles. The summed E-state index contributed by atoms with van der Waals surface area (Å²) >= 11 is 5.37. The Morgan fingerprint density at radius 1 is 1.31 bits per heavy atom. The minimum atomic E-state index is -4.85. The fourth-order valence-electron chi connectivity index (χ4n) is 3.81. The van der Waals surface area contributed by atoms with E-state index in [0.29, 0.717) is 17.2 Å². The van der Waals surface area contributed by atoms with Gasteiger partial charge in [-0.1, -0.05) is 0 Å². The van der Waals surface area contributed by atoms with Crippen molar-refractivity contribution in [2.45, 2.75) is 32.1 Å². The minimum absolute atomic E-state index is 0.0193. The van der Waals surface area contributed by atoms with Gasteiger partial charge in [-0.15, -0.1) is 0 Å². The largest absolute Gasteiger partial charge is 0.419 e. The van der Waals surface area contributed by atoms with Gasteiger partial charge in [-0.3, -0.25) is 14.5 Å². The molecule has 1 atom stereocenters. The molecular weight excluding hydrogens is 450 g/mol. The molecule has 1 saturated heterocycles. The molecule has 1 fully saturated rings. The zero-order valence-corrected chi connectivity index (χ0v) is 17.1. The highest BCUT2D eigenvalue weighted by molar-refractivity contribution is 7.80. The van der Waals surface area contributed by atoms with Gasteiger partial charge in [0.15, 0.2) is 10.8 Å².